The Labute approximate surface area is 160 Å². The zero-order valence-corrected chi connectivity index (χ0v) is 15.1. The molecule has 150 valence electrons. The van der Waals surface area contributed by atoms with E-state index in [0.29, 0.717) is 17.3 Å². The van der Waals surface area contributed by atoms with E-state index in [0.717, 1.165) is 5.01 Å². The number of rotatable bonds is 4. The van der Waals surface area contributed by atoms with Crippen LogP contribution in [-0.4, -0.2) is 53.2 Å². The molecule has 0 saturated carbocycles. The van der Waals surface area contributed by atoms with Crippen molar-refractivity contribution in [3.05, 3.63) is 22.8 Å². The maximum atomic E-state index is 12.8. The topological polar surface area (TPSA) is 101 Å². The molecule has 9 nitrogen and oxygen atoms in total. The van der Waals surface area contributed by atoms with Crippen LogP contribution in [0.4, 0.5) is 19.0 Å². The van der Waals surface area contributed by atoms with Crippen LogP contribution in [0.2, 0.25) is 5.02 Å². The van der Waals surface area contributed by atoms with Crippen molar-refractivity contribution in [1.82, 2.24) is 9.99 Å². The fourth-order valence-corrected chi connectivity index (χ4v) is 3.04. The summed E-state index contributed by atoms with van der Waals surface area (Å²) in [7, 11) is 1.21. The second-order valence-corrected chi connectivity index (χ2v) is 6.15. The van der Waals surface area contributed by atoms with E-state index in [4.69, 9.17) is 21.2 Å². The Morgan fingerprint density at radius 2 is 2.07 bits per heavy atom. The van der Waals surface area contributed by atoms with Crippen molar-refractivity contribution in [3.63, 3.8) is 0 Å². The van der Waals surface area contributed by atoms with E-state index in [1.165, 1.54) is 7.05 Å². The number of hydrazine groups is 1. The maximum Gasteiger partial charge on any atom is 0.417 e. The number of aromatic nitrogens is 1. The van der Waals surface area contributed by atoms with E-state index >= 15 is 0 Å². The lowest BCUT2D eigenvalue weighted by atomic mass is 10.00. The predicted octanol–water partition coefficient (Wildman–Crippen LogP) is 1.41. The Morgan fingerprint density at radius 3 is 2.64 bits per heavy atom. The minimum atomic E-state index is -4.66. The summed E-state index contributed by atoms with van der Waals surface area (Å²) in [6.07, 6.45) is -5.53. The third-order valence-electron chi connectivity index (χ3n) is 4.03. The molecule has 0 bridgehead atoms. The van der Waals surface area contributed by atoms with Gasteiger partial charge in [-0.15, -0.1) is 0 Å². The molecule has 0 unspecified atom stereocenters. The lowest BCUT2D eigenvalue weighted by Gasteiger charge is -2.28. The van der Waals surface area contributed by atoms with Gasteiger partial charge in [-0.05, 0) is 13.0 Å². The molecule has 1 aromatic heterocycles. The van der Waals surface area contributed by atoms with Crippen LogP contribution in [-0.2, 0) is 30.1 Å². The molecule has 0 N–H and O–H groups in total. The quantitative estimate of drug-likeness (QED) is 0.536. The largest absolute Gasteiger partial charge is 0.461 e. The second-order valence-electron chi connectivity index (χ2n) is 5.74. The van der Waals surface area contributed by atoms with E-state index in [2.05, 4.69) is 10.1 Å². The van der Waals surface area contributed by atoms with Gasteiger partial charge in [0.15, 0.2) is 11.5 Å². The molecule has 1 aromatic rings. The summed E-state index contributed by atoms with van der Waals surface area (Å²) in [5.41, 5.74) is -1.46. The van der Waals surface area contributed by atoms with Crippen LogP contribution in [0.1, 0.15) is 12.5 Å². The normalized spacial score (nSPS) is 21.4. The first-order chi connectivity index (χ1) is 13.1. The minimum absolute atomic E-state index is 0.0199. The van der Waals surface area contributed by atoms with Crippen LogP contribution in [0.3, 0.4) is 0 Å². The fourth-order valence-electron chi connectivity index (χ4n) is 2.75. The van der Waals surface area contributed by atoms with E-state index in [9.17, 15) is 27.6 Å². The molecule has 2 aliphatic rings. The van der Waals surface area contributed by atoms with Crippen LogP contribution in [0, 0.1) is 5.92 Å². The number of amides is 2. The van der Waals surface area contributed by atoms with Gasteiger partial charge in [0, 0.05) is 13.2 Å². The number of halogens is 4. The van der Waals surface area contributed by atoms with Gasteiger partial charge in [-0.3, -0.25) is 14.6 Å². The summed E-state index contributed by atoms with van der Waals surface area (Å²) in [6.45, 7) is 1.57. The van der Waals surface area contributed by atoms with Gasteiger partial charge in [0.2, 0.25) is 6.10 Å². The van der Waals surface area contributed by atoms with E-state index in [-0.39, 0.29) is 18.1 Å². The highest BCUT2D eigenvalue weighted by molar-refractivity contribution is 6.43. The molecule has 2 amide bonds. The van der Waals surface area contributed by atoms with Crippen molar-refractivity contribution in [2.24, 2.45) is 11.1 Å². The molecule has 2 aliphatic heterocycles. The number of hydrogen-bond acceptors (Lipinski definition) is 8. The highest BCUT2D eigenvalue weighted by Crippen LogP contribution is 2.36. The number of nitrogens with zero attached hydrogens (tertiary/aromatic N) is 4. The fraction of sp³-hybridized carbons (Fsp3) is 0.400. The maximum absolute atomic E-state index is 12.8. The van der Waals surface area contributed by atoms with Crippen LogP contribution >= 0.6 is 11.6 Å². The van der Waals surface area contributed by atoms with Gasteiger partial charge in [-0.25, -0.2) is 9.78 Å². The zero-order chi connectivity index (χ0) is 20.8. The van der Waals surface area contributed by atoms with Gasteiger partial charge in [0.1, 0.15) is 5.92 Å². The van der Waals surface area contributed by atoms with E-state index in [1.807, 2.05) is 0 Å². The molecular weight excluding hydrogens is 409 g/mol. The number of esters is 1. The lowest BCUT2D eigenvalue weighted by Crippen LogP contribution is -2.46. The van der Waals surface area contributed by atoms with Crippen LogP contribution in [0.25, 0.3) is 0 Å². The standard InChI is InChI=1S/C15H12ClF3N4O5/c1-3-27-14(26)9-8-10(28-21-9)13(25)23(12(8)24)22(2)11-7(16)4-6(5-20-11)15(17,18)19/h4-5,8,10H,3H2,1-2H3/t8-,10+/m1/s1. The third kappa shape index (κ3) is 3.13. The van der Waals surface area contributed by atoms with E-state index in [1.54, 1.807) is 6.92 Å². The Morgan fingerprint density at radius 1 is 1.39 bits per heavy atom. The van der Waals surface area contributed by atoms with Crippen molar-refractivity contribution in [2.45, 2.75) is 19.2 Å². The predicted molar refractivity (Wildman–Crippen MR) is 86.9 cm³/mol. The van der Waals surface area contributed by atoms with Crippen molar-refractivity contribution in [1.29, 1.82) is 0 Å². The van der Waals surface area contributed by atoms with Gasteiger partial charge in [-0.2, -0.15) is 18.2 Å². The summed E-state index contributed by atoms with van der Waals surface area (Å²) in [6, 6.07) is 0.619. The summed E-state index contributed by atoms with van der Waals surface area (Å²) in [5, 5.41) is 4.49. The molecule has 0 aromatic carbocycles. The average Bonchev–Trinajstić information content (AvgIpc) is 3.14. The first-order valence-electron chi connectivity index (χ1n) is 7.83. The number of ether oxygens (including phenoxy) is 1. The van der Waals surface area contributed by atoms with Crippen LogP contribution < -0.4 is 5.01 Å². The van der Waals surface area contributed by atoms with Crippen LogP contribution in [0.15, 0.2) is 17.4 Å². The highest BCUT2D eigenvalue weighted by atomic mass is 35.5. The number of fused-ring (bicyclic) bond motifs is 1. The molecule has 1 saturated heterocycles. The lowest BCUT2D eigenvalue weighted by molar-refractivity contribution is -0.143. The van der Waals surface area contributed by atoms with Crippen molar-refractivity contribution < 1.29 is 37.1 Å². The van der Waals surface area contributed by atoms with Crippen LogP contribution in [0.5, 0.6) is 0 Å². The van der Waals surface area contributed by atoms with Gasteiger partial charge in [-0.1, -0.05) is 16.8 Å². The minimum Gasteiger partial charge on any atom is -0.461 e. The smallest absolute Gasteiger partial charge is 0.417 e. The van der Waals surface area contributed by atoms with Gasteiger partial charge in [0.25, 0.3) is 11.8 Å². The van der Waals surface area contributed by atoms with Crippen molar-refractivity contribution >= 4 is 40.9 Å². The number of imide groups is 1. The molecule has 1 fully saturated rings. The first kappa shape index (κ1) is 19.9. The third-order valence-corrected chi connectivity index (χ3v) is 4.31. The van der Waals surface area contributed by atoms with Crippen molar-refractivity contribution in [3.8, 4) is 0 Å². The van der Waals surface area contributed by atoms with E-state index < -0.39 is 46.6 Å². The molecule has 2 atom stereocenters. The Kier molecular flexibility index (Phi) is 4.91. The Hall–Kier alpha value is -2.89. The Balaban J connectivity index is 1.89. The molecule has 0 radical (unpaired) electrons. The summed E-state index contributed by atoms with van der Waals surface area (Å²) in [5.74, 6) is -4.27. The van der Waals surface area contributed by atoms with Gasteiger partial charge < -0.3 is 9.57 Å². The molecule has 0 aliphatic carbocycles. The molecular formula is C15H12ClF3N4O5. The molecule has 3 rings (SSSR count). The number of carbonyl (C=O) groups is 3. The second kappa shape index (κ2) is 6.93. The number of alkyl halides is 3. The molecule has 0 spiro atoms. The average molecular weight is 421 g/mol. The molecule has 13 heteroatoms. The number of anilines is 1. The monoisotopic (exact) mass is 420 g/mol. The highest BCUT2D eigenvalue weighted by Gasteiger charge is 2.59. The summed E-state index contributed by atoms with van der Waals surface area (Å²) in [4.78, 5) is 45.7. The summed E-state index contributed by atoms with van der Waals surface area (Å²) < 4.78 is 43.1. The van der Waals surface area contributed by atoms with Gasteiger partial charge >= 0.3 is 12.1 Å². The Bertz CT molecular complexity index is 891. The van der Waals surface area contributed by atoms with Gasteiger partial charge in [0.05, 0.1) is 17.2 Å². The SMILES string of the molecule is CCOC(=O)C1=NO[C@@H]2C(=O)N(N(C)c3ncc(C(F)(F)F)cc3Cl)C(=O)[C@H]12. The molecule has 28 heavy (non-hydrogen) atoms. The number of carbonyl (C=O) groups excluding carboxylic acids is 3. The van der Waals surface area contributed by atoms with Crippen molar-refractivity contribution in [2.75, 3.05) is 18.7 Å². The number of hydrogen-bond donors (Lipinski definition) is 0. The zero-order valence-electron chi connectivity index (χ0n) is 14.4. The number of oxime groups is 1. The number of pyridine rings is 1. The summed E-state index contributed by atoms with van der Waals surface area (Å²) >= 11 is 5.86. The first-order valence-corrected chi connectivity index (χ1v) is 8.20. The molecule has 3 heterocycles.